The topological polar surface area (TPSA) is 67.1 Å². The Labute approximate surface area is 179 Å². The molecule has 2 aromatic rings. The van der Waals surface area contributed by atoms with Crippen LogP contribution in [-0.4, -0.2) is 33.8 Å². The van der Waals surface area contributed by atoms with Crippen LogP contribution in [-0.2, 0) is 13.0 Å². The molecule has 148 valence electrons. The first-order valence-electron chi connectivity index (χ1n) is 9.58. The predicted molar refractivity (Wildman–Crippen MR) is 121 cm³/mol. The Morgan fingerprint density at radius 3 is 2.67 bits per heavy atom. The van der Waals surface area contributed by atoms with E-state index in [-0.39, 0.29) is 30.0 Å². The summed E-state index contributed by atoms with van der Waals surface area (Å²) < 4.78 is 2.02. The van der Waals surface area contributed by atoms with Crippen molar-refractivity contribution in [2.24, 2.45) is 4.99 Å². The molecule has 1 aliphatic rings. The van der Waals surface area contributed by atoms with Crippen molar-refractivity contribution in [3.8, 4) is 0 Å². The molecule has 6 nitrogen and oxygen atoms in total. The first kappa shape index (κ1) is 21.7. The second-order valence-electron chi connectivity index (χ2n) is 7.09. The van der Waals surface area contributed by atoms with Gasteiger partial charge in [-0.25, -0.2) is 9.67 Å². The monoisotopic (exact) mass is 482 g/mol. The molecular weight excluding hydrogens is 451 g/mol. The van der Waals surface area contributed by atoms with Crippen molar-refractivity contribution >= 4 is 29.9 Å². The van der Waals surface area contributed by atoms with Gasteiger partial charge in [-0.1, -0.05) is 29.3 Å². The number of benzene rings is 1. The maximum absolute atomic E-state index is 4.78. The number of halogens is 1. The molecule has 27 heavy (non-hydrogen) atoms. The molecular formula is C20H31IN6. The lowest BCUT2D eigenvalue weighted by atomic mass is 10.1. The van der Waals surface area contributed by atoms with Gasteiger partial charge in [-0.2, -0.15) is 5.10 Å². The third-order valence-electron chi connectivity index (χ3n) is 4.59. The summed E-state index contributed by atoms with van der Waals surface area (Å²) in [5, 5.41) is 11.4. The zero-order valence-corrected chi connectivity index (χ0v) is 19.1. The lowest BCUT2D eigenvalue weighted by molar-refractivity contribution is 0.397. The van der Waals surface area contributed by atoms with Crippen molar-refractivity contribution in [2.75, 3.05) is 13.1 Å². The summed E-state index contributed by atoms with van der Waals surface area (Å²) in [7, 11) is 0. The Hall–Kier alpha value is -1.64. The van der Waals surface area contributed by atoms with Crippen LogP contribution in [0.1, 0.15) is 54.1 Å². The smallest absolute Gasteiger partial charge is 0.191 e. The van der Waals surface area contributed by atoms with Crippen molar-refractivity contribution < 1.29 is 0 Å². The molecule has 2 N–H and O–H groups in total. The third-order valence-corrected chi connectivity index (χ3v) is 4.59. The normalized spacial score (nSPS) is 16.4. The average molecular weight is 482 g/mol. The van der Waals surface area contributed by atoms with Gasteiger partial charge < -0.3 is 10.6 Å². The summed E-state index contributed by atoms with van der Waals surface area (Å²) in [6, 6.07) is 6.87. The van der Waals surface area contributed by atoms with Crippen LogP contribution in [0.25, 0.3) is 0 Å². The number of aryl methyl sites for hydroxylation is 4. The maximum Gasteiger partial charge on any atom is 0.191 e. The van der Waals surface area contributed by atoms with Gasteiger partial charge in [-0.3, -0.25) is 4.99 Å². The molecule has 0 fully saturated rings. The lowest BCUT2D eigenvalue weighted by Crippen LogP contribution is -2.41. The van der Waals surface area contributed by atoms with Crippen molar-refractivity contribution in [3.05, 3.63) is 46.5 Å². The molecule has 0 radical (unpaired) electrons. The van der Waals surface area contributed by atoms with Crippen molar-refractivity contribution in [1.82, 2.24) is 25.4 Å². The van der Waals surface area contributed by atoms with E-state index < -0.39 is 0 Å². The number of nitrogens with zero attached hydrogens (tertiary/aromatic N) is 4. The van der Waals surface area contributed by atoms with E-state index in [2.05, 4.69) is 59.7 Å². The largest absolute Gasteiger partial charge is 0.357 e. The molecule has 0 spiro atoms. The molecule has 0 bridgehead atoms. The standard InChI is InChI=1S/C20H30N6.HI/c1-5-21-20(22-9-8-17-12-14(2)11-15(3)13-17)24-18-7-6-10-26-19(18)23-16(4)25-26;/h11-13,18H,5-10H2,1-4H3,(H2,21,22,24);1H. The molecule has 0 amide bonds. The molecule has 0 saturated heterocycles. The SMILES string of the molecule is CCNC(=NCCc1cc(C)cc(C)c1)NC1CCCn2nc(C)nc21.I. The van der Waals surface area contributed by atoms with E-state index in [1.807, 2.05) is 11.6 Å². The molecule has 1 unspecified atom stereocenters. The van der Waals surface area contributed by atoms with E-state index >= 15 is 0 Å². The van der Waals surface area contributed by atoms with Crippen LogP contribution in [0.5, 0.6) is 0 Å². The fourth-order valence-corrected chi connectivity index (χ4v) is 3.60. The fraction of sp³-hybridized carbons (Fsp3) is 0.550. The van der Waals surface area contributed by atoms with Gasteiger partial charge in [0.1, 0.15) is 11.6 Å². The highest BCUT2D eigenvalue weighted by Gasteiger charge is 2.24. The number of rotatable bonds is 5. The van der Waals surface area contributed by atoms with E-state index in [9.17, 15) is 0 Å². The highest BCUT2D eigenvalue weighted by molar-refractivity contribution is 14.0. The summed E-state index contributed by atoms with van der Waals surface area (Å²) >= 11 is 0. The number of aliphatic imine (C=N–C) groups is 1. The number of fused-ring (bicyclic) bond motifs is 1. The highest BCUT2D eigenvalue weighted by Crippen LogP contribution is 2.22. The summed E-state index contributed by atoms with van der Waals surface area (Å²) in [6.07, 6.45) is 3.11. The van der Waals surface area contributed by atoms with E-state index in [1.165, 1.54) is 16.7 Å². The third kappa shape index (κ3) is 5.92. The molecule has 2 heterocycles. The Bertz CT molecular complexity index is 763. The summed E-state index contributed by atoms with van der Waals surface area (Å²) in [5.74, 6) is 2.72. The van der Waals surface area contributed by atoms with Gasteiger partial charge in [0, 0.05) is 19.6 Å². The van der Waals surface area contributed by atoms with Gasteiger partial charge in [-0.15, -0.1) is 24.0 Å². The molecule has 7 heteroatoms. The lowest BCUT2D eigenvalue weighted by Gasteiger charge is -2.25. The fourth-order valence-electron chi connectivity index (χ4n) is 3.60. The molecule has 0 aliphatic carbocycles. The minimum absolute atomic E-state index is 0. The predicted octanol–water partition coefficient (Wildman–Crippen LogP) is 3.45. The first-order chi connectivity index (χ1) is 12.5. The first-order valence-corrected chi connectivity index (χ1v) is 9.58. The number of hydrogen-bond donors (Lipinski definition) is 2. The van der Waals surface area contributed by atoms with Crippen LogP contribution in [0.15, 0.2) is 23.2 Å². The quantitative estimate of drug-likeness (QED) is 0.389. The molecule has 1 aliphatic heterocycles. The van der Waals surface area contributed by atoms with Crippen molar-refractivity contribution in [1.29, 1.82) is 0 Å². The number of nitrogens with one attached hydrogen (secondary N) is 2. The number of guanidine groups is 1. The Kier molecular flexibility index (Phi) is 8.07. The van der Waals surface area contributed by atoms with Crippen molar-refractivity contribution in [2.45, 2.75) is 59.5 Å². The zero-order valence-electron chi connectivity index (χ0n) is 16.7. The molecule has 1 atom stereocenters. The van der Waals surface area contributed by atoms with Gasteiger partial charge in [-0.05, 0) is 52.5 Å². The van der Waals surface area contributed by atoms with Crippen LogP contribution < -0.4 is 10.6 Å². The number of aromatic nitrogens is 3. The second kappa shape index (κ2) is 10.1. The second-order valence-corrected chi connectivity index (χ2v) is 7.09. The van der Waals surface area contributed by atoms with Crippen LogP contribution in [0.4, 0.5) is 0 Å². The van der Waals surface area contributed by atoms with E-state index in [0.29, 0.717) is 0 Å². The van der Waals surface area contributed by atoms with Gasteiger partial charge >= 0.3 is 0 Å². The molecule has 0 saturated carbocycles. The van der Waals surface area contributed by atoms with E-state index in [4.69, 9.17) is 4.99 Å². The Balaban J connectivity index is 0.00000261. The van der Waals surface area contributed by atoms with Gasteiger partial charge in [0.15, 0.2) is 5.96 Å². The molecule has 1 aromatic heterocycles. The van der Waals surface area contributed by atoms with Gasteiger partial charge in [0.2, 0.25) is 0 Å². The van der Waals surface area contributed by atoms with Crippen LogP contribution in [0.3, 0.4) is 0 Å². The minimum atomic E-state index is 0. The van der Waals surface area contributed by atoms with Gasteiger partial charge in [0.25, 0.3) is 0 Å². The van der Waals surface area contributed by atoms with E-state index in [0.717, 1.165) is 56.5 Å². The average Bonchev–Trinajstić information content (AvgIpc) is 2.95. The Morgan fingerprint density at radius 2 is 1.96 bits per heavy atom. The summed E-state index contributed by atoms with van der Waals surface area (Å²) in [4.78, 5) is 9.38. The number of hydrogen-bond acceptors (Lipinski definition) is 3. The summed E-state index contributed by atoms with van der Waals surface area (Å²) in [6.45, 7) is 10.9. The summed E-state index contributed by atoms with van der Waals surface area (Å²) in [5.41, 5.74) is 3.96. The van der Waals surface area contributed by atoms with Crippen LogP contribution >= 0.6 is 24.0 Å². The molecule has 3 rings (SSSR count). The minimum Gasteiger partial charge on any atom is -0.357 e. The Morgan fingerprint density at radius 1 is 1.22 bits per heavy atom. The van der Waals surface area contributed by atoms with E-state index in [1.54, 1.807) is 0 Å². The van der Waals surface area contributed by atoms with Crippen LogP contribution in [0.2, 0.25) is 0 Å². The highest BCUT2D eigenvalue weighted by atomic mass is 127. The van der Waals surface area contributed by atoms with Crippen LogP contribution in [0, 0.1) is 20.8 Å². The molecule has 1 aromatic carbocycles. The van der Waals surface area contributed by atoms with Crippen molar-refractivity contribution in [3.63, 3.8) is 0 Å². The van der Waals surface area contributed by atoms with Gasteiger partial charge in [0.05, 0.1) is 6.04 Å². The zero-order chi connectivity index (χ0) is 18.5. The maximum atomic E-state index is 4.78.